The average molecular weight is 569 g/mol. The van der Waals surface area contributed by atoms with Crippen molar-refractivity contribution < 1.29 is 14.7 Å². The zero-order valence-electron chi connectivity index (χ0n) is 22.3. The average Bonchev–Trinajstić information content (AvgIpc) is 3.65. The van der Waals surface area contributed by atoms with Gasteiger partial charge in [0.05, 0.1) is 29.7 Å². The van der Waals surface area contributed by atoms with Gasteiger partial charge in [-0.05, 0) is 23.6 Å². The fraction of sp³-hybridized carbons (Fsp3) is 0.241. The quantitative estimate of drug-likeness (QED) is 0.201. The summed E-state index contributed by atoms with van der Waals surface area (Å²) in [6, 6.07) is 16.6. The molecular formula is C29H28N8O3S. The Morgan fingerprint density at radius 2 is 1.80 bits per heavy atom. The molecule has 3 heterocycles. The molecule has 3 N–H and O–H groups in total. The van der Waals surface area contributed by atoms with E-state index in [1.54, 1.807) is 12.4 Å². The van der Waals surface area contributed by atoms with Crippen molar-refractivity contribution in [1.82, 2.24) is 40.9 Å². The van der Waals surface area contributed by atoms with Gasteiger partial charge in [-0.3, -0.25) is 19.6 Å². The molecule has 0 aliphatic rings. The summed E-state index contributed by atoms with van der Waals surface area (Å²) < 4.78 is 0. The van der Waals surface area contributed by atoms with Crippen LogP contribution in [0.25, 0.3) is 22.6 Å². The molecule has 2 aromatic carbocycles. The van der Waals surface area contributed by atoms with Gasteiger partial charge in [0.15, 0.2) is 5.01 Å². The Morgan fingerprint density at radius 1 is 1.02 bits per heavy atom. The molecule has 1 unspecified atom stereocenters. The van der Waals surface area contributed by atoms with Gasteiger partial charge in [-0.2, -0.15) is 5.21 Å². The Labute approximate surface area is 240 Å². The molecule has 0 aliphatic carbocycles. The van der Waals surface area contributed by atoms with E-state index in [1.807, 2.05) is 54.6 Å². The van der Waals surface area contributed by atoms with Crippen molar-refractivity contribution in [1.29, 1.82) is 0 Å². The Hall–Kier alpha value is -4.84. The van der Waals surface area contributed by atoms with E-state index in [2.05, 4.69) is 47.8 Å². The van der Waals surface area contributed by atoms with E-state index >= 15 is 0 Å². The van der Waals surface area contributed by atoms with E-state index in [0.717, 1.165) is 40.1 Å². The molecule has 0 saturated heterocycles. The third-order valence-corrected chi connectivity index (χ3v) is 7.53. The first kappa shape index (κ1) is 27.7. The molecule has 12 heteroatoms. The summed E-state index contributed by atoms with van der Waals surface area (Å²) >= 11 is 1.34. The van der Waals surface area contributed by atoms with Gasteiger partial charge >= 0.3 is 5.97 Å². The van der Waals surface area contributed by atoms with Gasteiger partial charge in [0, 0.05) is 34.7 Å². The maximum absolute atomic E-state index is 13.2. The van der Waals surface area contributed by atoms with E-state index in [4.69, 9.17) is 0 Å². The molecule has 5 rings (SSSR count). The minimum Gasteiger partial charge on any atom is -0.481 e. The number of hydrogen-bond acceptors (Lipinski definition) is 9. The number of thiazole rings is 1. The number of nitrogens with one attached hydrogen (secondary N) is 2. The van der Waals surface area contributed by atoms with Crippen LogP contribution in [-0.4, -0.2) is 58.6 Å². The lowest BCUT2D eigenvalue weighted by Gasteiger charge is -2.16. The van der Waals surface area contributed by atoms with Crippen LogP contribution in [0.5, 0.6) is 0 Å². The van der Waals surface area contributed by atoms with Crippen molar-refractivity contribution in [2.75, 3.05) is 0 Å². The number of aliphatic carboxylic acids is 1. The Morgan fingerprint density at radius 3 is 2.49 bits per heavy atom. The van der Waals surface area contributed by atoms with Crippen LogP contribution in [-0.2, 0) is 24.1 Å². The maximum atomic E-state index is 13.2. The summed E-state index contributed by atoms with van der Waals surface area (Å²) in [4.78, 5) is 39.6. The van der Waals surface area contributed by atoms with Crippen LogP contribution >= 0.6 is 11.3 Å². The number of carboxylic acids is 1. The lowest BCUT2D eigenvalue weighted by atomic mass is 10.0. The molecule has 0 spiro atoms. The molecule has 41 heavy (non-hydrogen) atoms. The third-order valence-electron chi connectivity index (χ3n) is 6.37. The minimum atomic E-state index is -0.973. The Kier molecular flexibility index (Phi) is 8.79. The van der Waals surface area contributed by atoms with Crippen molar-refractivity contribution in [3.63, 3.8) is 0 Å². The zero-order chi connectivity index (χ0) is 28.6. The highest BCUT2D eigenvalue weighted by atomic mass is 32.1. The van der Waals surface area contributed by atoms with Crippen molar-refractivity contribution >= 4 is 23.2 Å². The first-order chi connectivity index (χ1) is 20.0. The maximum Gasteiger partial charge on any atom is 0.305 e. The lowest BCUT2D eigenvalue weighted by Crippen LogP contribution is -2.38. The van der Waals surface area contributed by atoms with Gasteiger partial charge in [0.1, 0.15) is 0 Å². The number of aromatic nitrogens is 7. The molecule has 0 fully saturated rings. The van der Waals surface area contributed by atoms with Crippen LogP contribution in [0.2, 0.25) is 0 Å². The van der Waals surface area contributed by atoms with E-state index in [-0.39, 0.29) is 12.3 Å². The molecule has 5 aromatic rings. The molecular weight excluding hydrogens is 540 g/mol. The number of amides is 1. The van der Waals surface area contributed by atoms with Crippen molar-refractivity contribution in [3.05, 3.63) is 93.8 Å². The first-order valence-corrected chi connectivity index (χ1v) is 14.0. The number of hydrogen-bond donors (Lipinski definition) is 3. The highest BCUT2D eigenvalue weighted by Gasteiger charge is 2.22. The summed E-state index contributed by atoms with van der Waals surface area (Å²) in [5, 5.41) is 26.9. The molecule has 1 atom stereocenters. The lowest BCUT2D eigenvalue weighted by molar-refractivity contribution is -0.137. The molecule has 0 bridgehead atoms. The number of carbonyl (C=O) groups is 2. The summed E-state index contributed by atoms with van der Waals surface area (Å²) in [6.07, 6.45) is 5.72. The standard InChI is InChI=1S/C29H28N8O3S/c1-2-8-25-23(33-29(41-25)28(40)32-19(15-26(38)39)13-18-9-4-3-5-10-18)14-20-16-31-24(17-30-20)21-11-6-7-12-22(21)27-34-36-37-35-27/h3-7,9-12,16-17,19H,2,8,13-15H2,1H3,(H,32,40)(H,38,39)(H,34,35,36,37). The van der Waals surface area contributed by atoms with Crippen molar-refractivity contribution in [2.45, 2.75) is 45.1 Å². The largest absolute Gasteiger partial charge is 0.481 e. The number of benzene rings is 2. The molecule has 1 amide bonds. The highest BCUT2D eigenvalue weighted by molar-refractivity contribution is 7.13. The number of H-pyrrole nitrogens is 1. The van der Waals surface area contributed by atoms with Gasteiger partial charge < -0.3 is 10.4 Å². The monoisotopic (exact) mass is 568 g/mol. The number of rotatable bonds is 12. The van der Waals surface area contributed by atoms with Crippen LogP contribution in [0.15, 0.2) is 67.0 Å². The molecule has 0 saturated carbocycles. The summed E-state index contributed by atoms with van der Waals surface area (Å²) in [6.45, 7) is 2.07. The summed E-state index contributed by atoms with van der Waals surface area (Å²) in [5.41, 5.74) is 4.73. The van der Waals surface area contributed by atoms with Crippen LogP contribution in [0.4, 0.5) is 0 Å². The topological polar surface area (TPSA) is 160 Å². The van der Waals surface area contributed by atoms with Crippen LogP contribution in [0, 0.1) is 0 Å². The summed E-state index contributed by atoms with van der Waals surface area (Å²) in [7, 11) is 0. The molecule has 11 nitrogen and oxygen atoms in total. The zero-order valence-corrected chi connectivity index (χ0v) is 23.1. The van der Waals surface area contributed by atoms with Crippen LogP contribution < -0.4 is 5.32 Å². The third kappa shape index (κ3) is 7.03. The van der Waals surface area contributed by atoms with E-state index in [1.165, 1.54) is 11.3 Å². The molecule has 3 aromatic heterocycles. The first-order valence-electron chi connectivity index (χ1n) is 13.2. The molecule has 208 valence electrons. The number of carboxylic acid groups (broad SMARTS) is 1. The van der Waals surface area contributed by atoms with E-state index < -0.39 is 12.0 Å². The predicted molar refractivity (Wildman–Crippen MR) is 153 cm³/mol. The summed E-state index contributed by atoms with van der Waals surface area (Å²) in [5.74, 6) is -0.877. The fourth-order valence-corrected chi connectivity index (χ4v) is 5.59. The smallest absolute Gasteiger partial charge is 0.305 e. The van der Waals surface area contributed by atoms with Gasteiger partial charge in [-0.25, -0.2) is 4.98 Å². The van der Waals surface area contributed by atoms with Gasteiger partial charge in [0.25, 0.3) is 5.91 Å². The van der Waals surface area contributed by atoms with Crippen molar-refractivity contribution in [2.24, 2.45) is 0 Å². The van der Waals surface area contributed by atoms with E-state index in [0.29, 0.717) is 35.1 Å². The van der Waals surface area contributed by atoms with Crippen LogP contribution in [0.3, 0.4) is 0 Å². The van der Waals surface area contributed by atoms with E-state index in [9.17, 15) is 14.7 Å². The number of aryl methyl sites for hydroxylation is 1. The SMILES string of the molecule is CCCc1sc(C(=O)NC(CC(=O)O)Cc2ccccc2)nc1Cc1cnc(-c2ccccc2-c2nn[nH]n2)cn1. The number of nitrogens with zero attached hydrogens (tertiary/aromatic N) is 6. The van der Waals surface area contributed by atoms with Gasteiger partial charge in [0.2, 0.25) is 5.82 Å². The van der Waals surface area contributed by atoms with Gasteiger partial charge in [-0.1, -0.05) is 67.9 Å². The second-order valence-corrected chi connectivity index (χ2v) is 10.5. The second-order valence-electron chi connectivity index (χ2n) is 9.45. The van der Waals surface area contributed by atoms with Crippen molar-refractivity contribution in [3.8, 4) is 22.6 Å². The highest BCUT2D eigenvalue weighted by Crippen LogP contribution is 2.28. The van der Waals surface area contributed by atoms with Crippen LogP contribution in [0.1, 0.15) is 51.4 Å². The number of aromatic amines is 1. The number of carbonyl (C=O) groups excluding carboxylic acids is 1. The Bertz CT molecular complexity index is 1610. The molecule has 0 radical (unpaired) electrons. The fourth-order valence-electron chi connectivity index (χ4n) is 4.51. The molecule has 0 aliphatic heterocycles. The normalized spacial score (nSPS) is 11.7. The minimum absolute atomic E-state index is 0.182. The second kappa shape index (κ2) is 13.0. The Balaban J connectivity index is 1.33. The van der Waals surface area contributed by atoms with Gasteiger partial charge in [-0.15, -0.1) is 21.5 Å². The predicted octanol–water partition coefficient (Wildman–Crippen LogP) is 4.14. The number of tetrazole rings is 1.